The number of carbonyl (C=O) groups excluding carboxylic acids is 6. The average Bonchev–Trinajstić information content (AvgIpc) is 3.62. The van der Waals surface area contributed by atoms with Gasteiger partial charge in [0.15, 0.2) is 11.9 Å². The Kier molecular flexibility index (Phi) is 22.4. The molecule has 23 nitrogen and oxygen atoms in total. The topological polar surface area (TPSA) is 403 Å². The van der Waals surface area contributed by atoms with E-state index in [9.17, 15) is 38.7 Å². The van der Waals surface area contributed by atoms with E-state index in [1.165, 1.54) is 0 Å². The van der Waals surface area contributed by atoms with Gasteiger partial charge in [0.1, 0.15) is 36.8 Å². The molecule has 6 atom stereocenters. The molecule has 6 unspecified atom stereocenters. The summed E-state index contributed by atoms with van der Waals surface area (Å²) in [7, 11) is 0. The van der Waals surface area contributed by atoms with Crippen LogP contribution in [0.25, 0.3) is 10.9 Å². The molecule has 2 aromatic rings. The second-order valence-corrected chi connectivity index (χ2v) is 15.9. The van der Waals surface area contributed by atoms with Crippen LogP contribution in [0.3, 0.4) is 0 Å². The lowest BCUT2D eigenvalue weighted by Crippen LogP contribution is -2.60. The van der Waals surface area contributed by atoms with Crippen molar-refractivity contribution in [3.63, 3.8) is 0 Å². The van der Waals surface area contributed by atoms with Crippen LogP contribution >= 0.6 is 0 Å². The first-order valence-electron chi connectivity index (χ1n) is 20.8. The Morgan fingerprint density at radius 2 is 1.13 bits per heavy atom. The van der Waals surface area contributed by atoms with Gasteiger partial charge in [0.25, 0.3) is 0 Å². The number of fused-ring (bicyclic) bond motifs is 1. The summed E-state index contributed by atoms with van der Waals surface area (Å²) in [5.74, 6) is -6.52. The molecule has 2 rings (SSSR count). The van der Waals surface area contributed by atoms with Crippen LogP contribution in [0.4, 0.5) is 0 Å². The van der Waals surface area contributed by atoms with Gasteiger partial charge in [-0.15, -0.1) is 0 Å². The second-order valence-electron chi connectivity index (χ2n) is 15.9. The summed E-state index contributed by atoms with van der Waals surface area (Å²) in [6, 6.07) is -0.507. The lowest BCUT2D eigenvalue weighted by atomic mass is 10.0. The maximum Gasteiger partial charge on any atom is 0.322 e. The number of para-hydroxylation sites is 1. The molecule has 0 saturated heterocycles. The lowest BCUT2D eigenvalue weighted by molar-refractivity contribution is -0.138. The number of carboxylic acids is 1. The van der Waals surface area contributed by atoms with Gasteiger partial charge in [0.2, 0.25) is 35.4 Å². The molecular weight excluding hydrogens is 821 g/mol. The fourth-order valence-corrected chi connectivity index (χ4v) is 6.44. The van der Waals surface area contributed by atoms with E-state index in [2.05, 4.69) is 46.9 Å². The van der Waals surface area contributed by atoms with E-state index < -0.39 is 90.8 Å². The van der Waals surface area contributed by atoms with Crippen molar-refractivity contribution in [1.82, 2.24) is 36.9 Å². The average molecular weight is 887 g/mol. The minimum atomic E-state index is -1.62. The Morgan fingerprint density at radius 3 is 1.65 bits per heavy atom. The SMILES string of the molecule is CC(C)CC(N)C(=O)NC(CCCN=C(N)N)C(=O)NC(CCCN=C(N)N)C(=O)NC(Cc1c[nH]c2ccccc12)C(=O)NC(CO)C(=O)NC(CC(C)C)C(=O)NCC(=O)O. The van der Waals surface area contributed by atoms with Gasteiger partial charge in [0.05, 0.1) is 12.6 Å². The number of amides is 6. The number of H-pyrrole nitrogens is 1. The molecule has 1 heterocycles. The predicted molar refractivity (Wildman–Crippen MR) is 236 cm³/mol. The summed E-state index contributed by atoms with van der Waals surface area (Å²) in [5.41, 5.74) is 29.3. The zero-order valence-corrected chi connectivity index (χ0v) is 36.3. The number of hydrogen-bond donors (Lipinski definition) is 14. The summed E-state index contributed by atoms with van der Waals surface area (Å²) < 4.78 is 0. The van der Waals surface area contributed by atoms with Crippen LogP contribution in [-0.2, 0) is 40.0 Å². The zero-order chi connectivity index (χ0) is 47.2. The number of aliphatic hydroxyl groups excluding tert-OH is 1. The van der Waals surface area contributed by atoms with Crippen LogP contribution in [0.15, 0.2) is 40.4 Å². The summed E-state index contributed by atoms with van der Waals surface area (Å²) in [4.78, 5) is 104. The molecule has 0 spiro atoms. The van der Waals surface area contributed by atoms with Crippen LogP contribution in [0.2, 0.25) is 0 Å². The first kappa shape index (κ1) is 52.6. The van der Waals surface area contributed by atoms with Crippen molar-refractivity contribution in [3.05, 3.63) is 36.0 Å². The maximum atomic E-state index is 14.3. The van der Waals surface area contributed by atoms with E-state index in [0.717, 1.165) is 10.9 Å². The van der Waals surface area contributed by atoms with Crippen molar-refractivity contribution >= 4 is 64.2 Å². The van der Waals surface area contributed by atoms with Gasteiger partial charge >= 0.3 is 5.97 Å². The number of aromatic nitrogens is 1. The fourth-order valence-electron chi connectivity index (χ4n) is 6.44. The van der Waals surface area contributed by atoms with Crippen LogP contribution in [-0.4, -0.2) is 131 Å². The van der Waals surface area contributed by atoms with E-state index in [1.807, 2.05) is 19.9 Å². The van der Waals surface area contributed by atoms with E-state index in [0.29, 0.717) is 12.0 Å². The molecule has 350 valence electrons. The third-order valence-electron chi connectivity index (χ3n) is 9.52. The molecular formula is C40H66N14O9. The number of aliphatic hydroxyl groups is 1. The van der Waals surface area contributed by atoms with Crippen LogP contribution in [0.1, 0.15) is 71.8 Å². The quantitative estimate of drug-likeness (QED) is 0.0228. The van der Waals surface area contributed by atoms with Crippen molar-refractivity contribution in [1.29, 1.82) is 0 Å². The number of carbonyl (C=O) groups is 7. The molecule has 0 radical (unpaired) electrons. The Labute approximate surface area is 366 Å². The van der Waals surface area contributed by atoms with E-state index in [4.69, 9.17) is 33.8 Å². The Balaban J connectivity index is 2.49. The monoisotopic (exact) mass is 887 g/mol. The largest absolute Gasteiger partial charge is 0.480 e. The molecule has 63 heavy (non-hydrogen) atoms. The standard InChI is InChI=1S/C40H66N14O9/c1-21(2)15-25(41)33(58)50-27(11-7-13-46-39(42)43)35(60)51-28(12-8-14-47-40(44)45)36(61)53-30(17-23-18-48-26-10-6-5-9-24(23)26)37(62)54-31(20-55)38(63)52-29(16-22(3)4)34(59)49-19-32(56)57/h5-6,9-10,18,21-22,25,27-31,48,55H,7-8,11-17,19-20,41H2,1-4H3,(H,49,59)(H,50,58)(H,51,60)(H,52,63)(H,53,61)(H,54,62)(H,56,57)(H4,42,43,46)(H4,44,45,47). The number of nitrogens with one attached hydrogen (secondary N) is 7. The molecule has 0 saturated carbocycles. The molecule has 1 aromatic carbocycles. The number of nitrogens with zero attached hydrogens (tertiary/aromatic N) is 2. The molecule has 0 aliphatic heterocycles. The fraction of sp³-hybridized carbons (Fsp3) is 0.575. The summed E-state index contributed by atoms with van der Waals surface area (Å²) in [5, 5.41) is 35.2. The normalized spacial score (nSPS) is 14.0. The van der Waals surface area contributed by atoms with Gasteiger partial charge in [-0.05, 0) is 62.0 Å². The van der Waals surface area contributed by atoms with Gasteiger partial charge in [0, 0.05) is 36.6 Å². The summed E-state index contributed by atoms with van der Waals surface area (Å²) in [6.07, 6.45) is 2.40. The predicted octanol–water partition coefficient (Wildman–Crippen LogP) is -3.15. The van der Waals surface area contributed by atoms with E-state index in [1.54, 1.807) is 38.2 Å². The molecule has 0 aliphatic carbocycles. The van der Waals surface area contributed by atoms with Gasteiger partial charge in [-0.1, -0.05) is 45.9 Å². The Hall–Kier alpha value is -6.49. The maximum absolute atomic E-state index is 14.3. The molecule has 0 aliphatic rings. The van der Waals surface area contributed by atoms with Gasteiger partial charge < -0.3 is 75.8 Å². The van der Waals surface area contributed by atoms with E-state index in [-0.39, 0.29) is 75.4 Å². The van der Waals surface area contributed by atoms with Crippen molar-refractivity contribution in [2.24, 2.45) is 50.5 Å². The smallest absolute Gasteiger partial charge is 0.322 e. The molecule has 23 heteroatoms. The molecule has 6 amide bonds. The highest BCUT2D eigenvalue weighted by Crippen LogP contribution is 2.20. The number of carboxylic acid groups (broad SMARTS) is 1. The third kappa shape index (κ3) is 19.4. The van der Waals surface area contributed by atoms with Crippen molar-refractivity contribution in [2.45, 2.75) is 109 Å². The van der Waals surface area contributed by atoms with Crippen LogP contribution in [0, 0.1) is 11.8 Å². The first-order chi connectivity index (χ1) is 29.7. The highest BCUT2D eigenvalue weighted by molar-refractivity contribution is 5.97. The summed E-state index contributed by atoms with van der Waals surface area (Å²) >= 11 is 0. The molecule has 0 fully saturated rings. The number of rotatable bonds is 28. The number of aliphatic imine (C=N–C) groups is 2. The Bertz CT molecular complexity index is 1910. The van der Waals surface area contributed by atoms with Gasteiger partial charge in [-0.3, -0.25) is 43.5 Å². The Morgan fingerprint density at radius 1 is 0.651 bits per heavy atom. The number of aliphatic carboxylic acids is 1. The highest BCUT2D eigenvalue weighted by Gasteiger charge is 2.33. The lowest BCUT2D eigenvalue weighted by Gasteiger charge is -2.27. The van der Waals surface area contributed by atoms with Gasteiger partial charge in [-0.25, -0.2) is 0 Å². The minimum Gasteiger partial charge on any atom is -0.480 e. The van der Waals surface area contributed by atoms with Crippen molar-refractivity contribution in [3.8, 4) is 0 Å². The third-order valence-corrected chi connectivity index (χ3v) is 9.52. The molecule has 1 aromatic heterocycles. The first-order valence-corrected chi connectivity index (χ1v) is 20.8. The second kappa shape index (κ2) is 26.8. The van der Waals surface area contributed by atoms with Gasteiger partial charge in [-0.2, -0.15) is 0 Å². The molecule has 19 N–H and O–H groups in total. The molecule has 0 bridgehead atoms. The highest BCUT2D eigenvalue weighted by atomic mass is 16.4. The van der Waals surface area contributed by atoms with Crippen LogP contribution < -0.4 is 60.6 Å². The summed E-state index contributed by atoms with van der Waals surface area (Å²) in [6.45, 7) is 5.92. The van der Waals surface area contributed by atoms with Crippen molar-refractivity contribution < 1.29 is 43.8 Å². The number of benzene rings is 1. The number of hydrogen-bond acceptors (Lipinski definition) is 11. The number of aromatic amines is 1. The van der Waals surface area contributed by atoms with Crippen LogP contribution in [0.5, 0.6) is 0 Å². The van der Waals surface area contributed by atoms with E-state index >= 15 is 0 Å². The number of nitrogens with two attached hydrogens (primary N) is 5. The zero-order valence-electron chi connectivity index (χ0n) is 36.3. The van der Waals surface area contributed by atoms with Crippen molar-refractivity contribution in [2.75, 3.05) is 26.2 Å². The minimum absolute atomic E-state index is 0.0415. The number of guanidine groups is 2.